The van der Waals surface area contributed by atoms with Gasteiger partial charge in [0.15, 0.2) is 0 Å². The highest BCUT2D eigenvalue weighted by molar-refractivity contribution is 7.89. The van der Waals surface area contributed by atoms with Gasteiger partial charge in [0.2, 0.25) is 10.0 Å². The van der Waals surface area contributed by atoms with Gasteiger partial charge in [0.25, 0.3) is 0 Å². The van der Waals surface area contributed by atoms with Crippen LogP contribution in [-0.4, -0.2) is 36.9 Å². The van der Waals surface area contributed by atoms with E-state index in [4.69, 9.17) is 11.5 Å². The van der Waals surface area contributed by atoms with Crippen molar-refractivity contribution < 1.29 is 18.3 Å². The van der Waals surface area contributed by atoms with Gasteiger partial charge >= 0.3 is 5.97 Å². The van der Waals surface area contributed by atoms with Gasteiger partial charge in [-0.25, -0.2) is 13.2 Å². The van der Waals surface area contributed by atoms with Crippen molar-refractivity contribution in [2.45, 2.75) is 25.7 Å². The maximum atomic E-state index is 12.5. The molecule has 0 radical (unpaired) electrons. The summed E-state index contributed by atoms with van der Waals surface area (Å²) in [5.74, 6) is 1.13. The van der Waals surface area contributed by atoms with Crippen LogP contribution >= 0.6 is 0 Å². The van der Waals surface area contributed by atoms with Crippen LogP contribution in [0.4, 0.5) is 0 Å². The lowest BCUT2D eigenvalue weighted by atomic mass is 10.1. The molecule has 108 valence electrons. The van der Waals surface area contributed by atoms with Gasteiger partial charge in [0.05, 0.1) is 17.0 Å². The molecule has 0 aliphatic heterocycles. The average Bonchev–Trinajstić information content (AvgIpc) is 2.38. The third-order valence-corrected chi connectivity index (χ3v) is 5.15. The van der Waals surface area contributed by atoms with Crippen LogP contribution in [0.25, 0.3) is 0 Å². The number of terminal acetylenes is 1. The zero-order chi connectivity index (χ0) is 15.5. The molecule has 0 saturated carbocycles. The first kappa shape index (κ1) is 16.2. The van der Waals surface area contributed by atoms with Crippen molar-refractivity contribution in [3.8, 4) is 12.3 Å². The summed E-state index contributed by atoms with van der Waals surface area (Å²) in [5, 5.41) is 9.05. The first-order valence-electron chi connectivity index (χ1n) is 6.03. The van der Waals surface area contributed by atoms with Crippen LogP contribution in [0, 0.1) is 26.2 Å². The molecule has 0 atom stereocenters. The second-order valence-electron chi connectivity index (χ2n) is 4.36. The molecule has 0 amide bonds. The van der Waals surface area contributed by atoms with E-state index in [1.807, 2.05) is 0 Å². The van der Waals surface area contributed by atoms with E-state index in [0.29, 0.717) is 11.1 Å². The average molecular weight is 295 g/mol. The standard InChI is InChI=1S/C14H17NO4S/c1-5-7-15(6-2)20(18,19)13-9-12(14(16)17)8-10(3)11(13)4/h1,8-9H,6-7H2,2-4H3,(H,16,17). The number of hydrogen-bond acceptors (Lipinski definition) is 3. The van der Waals surface area contributed by atoms with Crippen LogP contribution in [-0.2, 0) is 10.0 Å². The number of hydrogen-bond donors (Lipinski definition) is 1. The van der Waals surface area contributed by atoms with Crippen molar-refractivity contribution in [2.24, 2.45) is 0 Å². The minimum Gasteiger partial charge on any atom is -0.478 e. The number of carbonyl (C=O) groups is 1. The Hall–Kier alpha value is -1.84. The fraction of sp³-hybridized carbons (Fsp3) is 0.357. The van der Waals surface area contributed by atoms with E-state index < -0.39 is 16.0 Å². The summed E-state index contributed by atoms with van der Waals surface area (Å²) in [5.41, 5.74) is 1.09. The smallest absolute Gasteiger partial charge is 0.335 e. The Labute approximate surface area is 119 Å². The molecule has 1 aromatic carbocycles. The fourth-order valence-corrected chi connectivity index (χ4v) is 3.51. The molecule has 1 aromatic rings. The maximum absolute atomic E-state index is 12.5. The Morgan fingerprint density at radius 2 is 2.00 bits per heavy atom. The quantitative estimate of drug-likeness (QED) is 0.838. The Morgan fingerprint density at radius 3 is 2.45 bits per heavy atom. The van der Waals surface area contributed by atoms with E-state index in [2.05, 4.69) is 5.92 Å². The molecule has 0 bridgehead atoms. The summed E-state index contributed by atoms with van der Waals surface area (Å²) in [6, 6.07) is 2.63. The molecule has 0 heterocycles. The van der Waals surface area contributed by atoms with E-state index >= 15 is 0 Å². The third kappa shape index (κ3) is 3.00. The summed E-state index contributed by atoms with van der Waals surface area (Å²) in [7, 11) is -3.79. The Balaban J connectivity index is 3.53. The van der Waals surface area contributed by atoms with Crippen LogP contribution in [0.1, 0.15) is 28.4 Å². The number of nitrogens with zero attached hydrogens (tertiary/aromatic N) is 1. The van der Waals surface area contributed by atoms with Crippen molar-refractivity contribution >= 4 is 16.0 Å². The number of carboxylic acid groups (broad SMARTS) is 1. The minimum absolute atomic E-state index is 0.00741. The first-order valence-corrected chi connectivity index (χ1v) is 7.47. The van der Waals surface area contributed by atoms with Gasteiger partial charge in [0, 0.05) is 6.54 Å². The lowest BCUT2D eigenvalue weighted by Crippen LogP contribution is -2.32. The van der Waals surface area contributed by atoms with Gasteiger partial charge in [-0.3, -0.25) is 0 Å². The maximum Gasteiger partial charge on any atom is 0.335 e. The number of aryl methyl sites for hydroxylation is 1. The molecule has 0 saturated heterocycles. The van der Waals surface area contributed by atoms with Gasteiger partial charge in [0.1, 0.15) is 0 Å². The Kier molecular flexibility index (Phi) is 4.93. The first-order chi connectivity index (χ1) is 9.25. The van der Waals surface area contributed by atoms with Crippen molar-refractivity contribution in [1.29, 1.82) is 0 Å². The summed E-state index contributed by atoms with van der Waals surface area (Å²) >= 11 is 0. The second kappa shape index (κ2) is 6.07. The molecule has 1 rings (SSSR count). The summed E-state index contributed by atoms with van der Waals surface area (Å²) in [6.07, 6.45) is 5.18. The summed E-state index contributed by atoms with van der Waals surface area (Å²) in [6.45, 7) is 5.19. The minimum atomic E-state index is -3.79. The summed E-state index contributed by atoms with van der Waals surface area (Å²) in [4.78, 5) is 11.1. The largest absolute Gasteiger partial charge is 0.478 e. The summed E-state index contributed by atoms with van der Waals surface area (Å²) < 4.78 is 26.2. The van der Waals surface area contributed by atoms with Gasteiger partial charge in [-0.2, -0.15) is 4.31 Å². The Bertz CT molecular complexity index is 671. The van der Waals surface area contributed by atoms with E-state index in [1.165, 1.54) is 12.1 Å². The molecule has 0 aromatic heterocycles. The van der Waals surface area contributed by atoms with E-state index in [1.54, 1.807) is 20.8 Å². The lowest BCUT2D eigenvalue weighted by molar-refractivity contribution is 0.0696. The molecular formula is C14H17NO4S. The lowest BCUT2D eigenvalue weighted by Gasteiger charge is -2.20. The molecule has 6 heteroatoms. The predicted molar refractivity (Wildman–Crippen MR) is 76.1 cm³/mol. The van der Waals surface area contributed by atoms with Gasteiger partial charge in [-0.05, 0) is 37.1 Å². The topological polar surface area (TPSA) is 74.7 Å². The SMILES string of the molecule is C#CCN(CC)S(=O)(=O)c1cc(C(=O)O)cc(C)c1C. The monoisotopic (exact) mass is 295 g/mol. The van der Waals surface area contributed by atoms with Crippen LogP contribution in [0.2, 0.25) is 0 Å². The van der Waals surface area contributed by atoms with Gasteiger partial charge in [-0.15, -0.1) is 6.42 Å². The third-order valence-electron chi connectivity index (χ3n) is 3.10. The second-order valence-corrected chi connectivity index (χ2v) is 6.26. The zero-order valence-corrected chi connectivity index (χ0v) is 12.5. The molecule has 0 spiro atoms. The van der Waals surface area contributed by atoms with E-state index in [9.17, 15) is 13.2 Å². The highest BCUT2D eigenvalue weighted by Crippen LogP contribution is 2.24. The van der Waals surface area contributed by atoms with Crippen molar-refractivity contribution in [3.05, 3.63) is 28.8 Å². The van der Waals surface area contributed by atoms with Crippen LogP contribution in [0.5, 0.6) is 0 Å². The van der Waals surface area contributed by atoms with Crippen molar-refractivity contribution in [3.63, 3.8) is 0 Å². The molecule has 1 N–H and O–H groups in total. The van der Waals surface area contributed by atoms with E-state index in [-0.39, 0.29) is 23.5 Å². The molecule has 5 nitrogen and oxygen atoms in total. The van der Waals surface area contributed by atoms with Crippen molar-refractivity contribution in [2.75, 3.05) is 13.1 Å². The van der Waals surface area contributed by atoms with Gasteiger partial charge in [-0.1, -0.05) is 12.8 Å². The van der Waals surface area contributed by atoms with Gasteiger partial charge < -0.3 is 5.11 Å². The zero-order valence-electron chi connectivity index (χ0n) is 11.7. The number of benzene rings is 1. The van der Waals surface area contributed by atoms with Crippen molar-refractivity contribution in [1.82, 2.24) is 4.31 Å². The fourth-order valence-electron chi connectivity index (χ4n) is 1.83. The highest BCUT2D eigenvalue weighted by Gasteiger charge is 2.26. The molecule has 0 fully saturated rings. The van der Waals surface area contributed by atoms with Crippen LogP contribution in [0.3, 0.4) is 0 Å². The van der Waals surface area contributed by atoms with E-state index in [0.717, 1.165) is 4.31 Å². The van der Waals surface area contributed by atoms with Crippen LogP contribution < -0.4 is 0 Å². The molecule has 20 heavy (non-hydrogen) atoms. The number of sulfonamides is 1. The number of carboxylic acids is 1. The normalized spacial score (nSPS) is 11.3. The number of rotatable bonds is 5. The molecular weight excluding hydrogens is 278 g/mol. The Morgan fingerprint density at radius 1 is 1.40 bits per heavy atom. The molecule has 0 aliphatic rings. The van der Waals surface area contributed by atoms with Crippen LogP contribution in [0.15, 0.2) is 17.0 Å². The highest BCUT2D eigenvalue weighted by atomic mass is 32.2. The molecule has 0 unspecified atom stereocenters. The predicted octanol–water partition coefficient (Wildman–Crippen LogP) is 1.65. The molecule has 0 aliphatic carbocycles. The number of aromatic carboxylic acids is 1.